The van der Waals surface area contributed by atoms with Crippen LogP contribution in [-0.4, -0.2) is 34.4 Å². The molecule has 0 saturated heterocycles. The molecule has 7 heteroatoms. The molecule has 0 spiro atoms. The van der Waals surface area contributed by atoms with Crippen molar-refractivity contribution in [2.75, 3.05) is 13.2 Å². The van der Waals surface area contributed by atoms with Crippen molar-refractivity contribution in [1.29, 1.82) is 0 Å². The number of imidazole rings is 1. The first-order chi connectivity index (χ1) is 15.6. The van der Waals surface area contributed by atoms with E-state index in [1.807, 2.05) is 59.2 Å². The third kappa shape index (κ3) is 5.34. The third-order valence-electron chi connectivity index (χ3n) is 4.99. The summed E-state index contributed by atoms with van der Waals surface area (Å²) in [6.07, 6.45) is 0.490. The molecule has 162 valence electrons. The van der Waals surface area contributed by atoms with E-state index in [-0.39, 0.29) is 24.8 Å². The van der Waals surface area contributed by atoms with Crippen molar-refractivity contribution in [2.24, 2.45) is 0 Å². The topological polar surface area (TPSA) is 73.2 Å². The molecule has 6 nitrogen and oxygen atoms in total. The van der Waals surface area contributed by atoms with Gasteiger partial charge in [0.05, 0.1) is 17.6 Å². The van der Waals surface area contributed by atoms with Crippen LogP contribution in [0.4, 0.5) is 0 Å². The zero-order valence-corrected chi connectivity index (χ0v) is 18.1. The number of ketones is 1. The number of fused-ring (bicyclic) bond motifs is 1. The molecule has 0 saturated carbocycles. The van der Waals surface area contributed by atoms with Gasteiger partial charge in [0.1, 0.15) is 11.6 Å². The Kier molecular flexibility index (Phi) is 6.82. The summed E-state index contributed by atoms with van der Waals surface area (Å²) < 4.78 is 7.38. The molecule has 4 rings (SSSR count). The highest BCUT2D eigenvalue weighted by Crippen LogP contribution is 2.18. The number of carbonyl (C=O) groups is 2. The van der Waals surface area contributed by atoms with Crippen molar-refractivity contribution in [3.63, 3.8) is 0 Å². The van der Waals surface area contributed by atoms with Gasteiger partial charge < -0.3 is 14.6 Å². The first-order valence-electron chi connectivity index (χ1n) is 10.3. The Morgan fingerprint density at radius 2 is 1.66 bits per heavy atom. The van der Waals surface area contributed by atoms with Gasteiger partial charge in [-0.05, 0) is 36.4 Å². The first-order valence-corrected chi connectivity index (χ1v) is 10.7. The molecule has 0 unspecified atom stereocenters. The van der Waals surface area contributed by atoms with Crippen molar-refractivity contribution in [1.82, 2.24) is 14.9 Å². The minimum Gasteiger partial charge on any atom is -0.484 e. The molecule has 4 aromatic rings. The molecule has 1 amide bonds. The fourth-order valence-electron chi connectivity index (χ4n) is 3.40. The van der Waals surface area contributed by atoms with E-state index in [2.05, 4.69) is 10.3 Å². The van der Waals surface area contributed by atoms with E-state index in [1.54, 1.807) is 24.3 Å². The number of nitrogens with zero attached hydrogens (tertiary/aromatic N) is 2. The van der Waals surface area contributed by atoms with Crippen LogP contribution in [0.5, 0.6) is 5.75 Å². The number of Topliss-reactive ketones (excluding diaryl/α,β-unsaturated/α-hetero) is 1. The Morgan fingerprint density at radius 3 is 2.44 bits per heavy atom. The largest absolute Gasteiger partial charge is 0.484 e. The molecule has 0 aliphatic carbocycles. The van der Waals surface area contributed by atoms with Gasteiger partial charge >= 0.3 is 0 Å². The summed E-state index contributed by atoms with van der Waals surface area (Å²) in [5.41, 5.74) is 2.37. The van der Waals surface area contributed by atoms with E-state index in [9.17, 15) is 9.59 Å². The van der Waals surface area contributed by atoms with Gasteiger partial charge in [0.25, 0.3) is 5.91 Å². The molecule has 0 atom stereocenters. The molecule has 1 heterocycles. The van der Waals surface area contributed by atoms with E-state index >= 15 is 0 Å². The predicted octanol–water partition coefficient (Wildman–Crippen LogP) is 4.31. The van der Waals surface area contributed by atoms with Gasteiger partial charge in [0.2, 0.25) is 0 Å². The molecule has 0 aliphatic rings. The average Bonchev–Trinajstić information content (AvgIpc) is 3.16. The standard InChI is InChI=1S/C25H22ClN3O3/c26-19-10-12-20(13-11-19)32-17-25(31)27-15-14-24-28-21-8-4-5-9-22(21)29(24)16-23(30)18-6-2-1-3-7-18/h1-13H,14-17H2,(H,27,31). The number of aromatic nitrogens is 2. The van der Waals surface area contributed by atoms with E-state index in [1.165, 1.54) is 0 Å². The van der Waals surface area contributed by atoms with Crippen molar-refractivity contribution in [3.8, 4) is 5.75 Å². The van der Waals surface area contributed by atoms with Crippen LogP contribution in [0.3, 0.4) is 0 Å². The second-order valence-corrected chi connectivity index (χ2v) is 7.67. The third-order valence-corrected chi connectivity index (χ3v) is 5.24. The van der Waals surface area contributed by atoms with Gasteiger partial charge in [-0.2, -0.15) is 0 Å². The quantitative estimate of drug-likeness (QED) is 0.388. The minimum atomic E-state index is -0.233. The zero-order valence-electron chi connectivity index (χ0n) is 17.3. The molecule has 3 aromatic carbocycles. The number of para-hydroxylation sites is 2. The summed E-state index contributed by atoms with van der Waals surface area (Å²) in [5, 5.41) is 3.45. The number of halogens is 1. The predicted molar refractivity (Wildman–Crippen MR) is 124 cm³/mol. The van der Waals surface area contributed by atoms with Crippen LogP contribution >= 0.6 is 11.6 Å². The van der Waals surface area contributed by atoms with E-state index < -0.39 is 0 Å². The number of rotatable bonds is 9. The average molecular weight is 448 g/mol. The Hall–Kier alpha value is -3.64. The lowest BCUT2D eigenvalue weighted by molar-refractivity contribution is -0.123. The number of carbonyl (C=O) groups excluding carboxylic acids is 2. The maximum Gasteiger partial charge on any atom is 0.257 e. The summed E-state index contributed by atoms with van der Waals surface area (Å²) in [4.78, 5) is 29.6. The molecule has 0 aliphatic heterocycles. The lowest BCUT2D eigenvalue weighted by Gasteiger charge is -2.10. The van der Waals surface area contributed by atoms with Crippen molar-refractivity contribution < 1.29 is 14.3 Å². The van der Waals surface area contributed by atoms with Gasteiger partial charge in [-0.25, -0.2) is 4.98 Å². The van der Waals surface area contributed by atoms with Crippen LogP contribution < -0.4 is 10.1 Å². The van der Waals surface area contributed by atoms with Gasteiger partial charge in [-0.15, -0.1) is 0 Å². The summed E-state index contributed by atoms with van der Waals surface area (Å²) in [6.45, 7) is 0.476. The maximum atomic E-state index is 12.8. The number of hydrogen-bond acceptors (Lipinski definition) is 4. The summed E-state index contributed by atoms with van der Waals surface area (Å²) in [7, 11) is 0. The van der Waals surface area contributed by atoms with Gasteiger partial charge in [-0.1, -0.05) is 54.1 Å². The minimum absolute atomic E-state index is 0.00963. The zero-order chi connectivity index (χ0) is 22.3. The van der Waals surface area contributed by atoms with E-state index in [0.29, 0.717) is 29.3 Å². The number of nitrogens with one attached hydrogen (secondary N) is 1. The smallest absolute Gasteiger partial charge is 0.257 e. The molecular weight excluding hydrogens is 426 g/mol. The summed E-state index contributed by atoms with van der Waals surface area (Å²) in [5.74, 6) is 1.10. The Balaban J connectivity index is 1.39. The lowest BCUT2D eigenvalue weighted by Crippen LogP contribution is -2.31. The van der Waals surface area contributed by atoms with E-state index in [0.717, 1.165) is 16.9 Å². The maximum absolute atomic E-state index is 12.8. The summed E-state index contributed by atoms with van der Waals surface area (Å²) >= 11 is 5.85. The molecule has 0 radical (unpaired) electrons. The second-order valence-electron chi connectivity index (χ2n) is 7.23. The van der Waals surface area contributed by atoms with Gasteiger partial charge in [0.15, 0.2) is 12.4 Å². The second kappa shape index (κ2) is 10.1. The van der Waals surface area contributed by atoms with Crippen molar-refractivity contribution >= 4 is 34.3 Å². The first kappa shape index (κ1) is 21.6. The van der Waals surface area contributed by atoms with Crippen LogP contribution in [0.25, 0.3) is 11.0 Å². The highest BCUT2D eigenvalue weighted by Gasteiger charge is 2.15. The summed E-state index contributed by atoms with van der Waals surface area (Å²) in [6, 6.07) is 23.7. The normalized spacial score (nSPS) is 10.8. The Morgan fingerprint density at radius 1 is 0.938 bits per heavy atom. The molecule has 0 fully saturated rings. The fraction of sp³-hybridized carbons (Fsp3) is 0.160. The number of benzene rings is 3. The van der Waals surface area contributed by atoms with Crippen LogP contribution in [-0.2, 0) is 17.8 Å². The van der Waals surface area contributed by atoms with Crippen LogP contribution in [0.1, 0.15) is 16.2 Å². The Bertz CT molecular complexity index is 1220. The highest BCUT2D eigenvalue weighted by molar-refractivity contribution is 6.30. The molecular formula is C25H22ClN3O3. The van der Waals surface area contributed by atoms with Gasteiger partial charge in [-0.3, -0.25) is 9.59 Å². The number of hydrogen-bond donors (Lipinski definition) is 1. The highest BCUT2D eigenvalue weighted by atomic mass is 35.5. The molecule has 0 bridgehead atoms. The van der Waals surface area contributed by atoms with Crippen molar-refractivity contribution in [2.45, 2.75) is 13.0 Å². The van der Waals surface area contributed by atoms with Crippen molar-refractivity contribution in [3.05, 3.63) is 95.3 Å². The fourth-order valence-corrected chi connectivity index (χ4v) is 3.52. The van der Waals surface area contributed by atoms with Crippen LogP contribution in [0.15, 0.2) is 78.9 Å². The van der Waals surface area contributed by atoms with E-state index in [4.69, 9.17) is 16.3 Å². The molecule has 32 heavy (non-hydrogen) atoms. The number of ether oxygens (including phenoxy) is 1. The lowest BCUT2D eigenvalue weighted by atomic mass is 10.1. The van der Waals surface area contributed by atoms with Crippen LogP contribution in [0.2, 0.25) is 5.02 Å². The monoisotopic (exact) mass is 447 g/mol. The molecule has 1 N–H and O–H groups in total. The molecule has 1 aromatic heterocycles. The SMILES string of the molecule is O=C(COc1ccc(Cl)cc1)NCCc1nc2ccccc2n1CC(=O)c1ccccc1. The number of amides is 1. The Labute approximate surface area is 190 Å². The van der Waals surface area contributed by atoms with Gasteiger partial charge in [0, 0.05) is 23.6 Å². The van der Waals surface area contributed by atoms with Crippen LogP contribution in [0, 0.1) is 0 Å².